The van der Waals surface area contributed by atoms with E-state index in [-0.39, 0.29) is 34.2 Å². The van der Waals surface area contributed by atoms with E-state index < -0.39 is 0 Å². The lowest BCUT2D eigenvalue weighted by molar-refractivity contribution is -0.138. The first-order valence-corrected chi connectivity index (χ1v) is 9.21. The van der Waals surface area contributed by atoms with Crippen LogP contribution in [0.25, 0.3) is 0 Å². The number of esters is 1. The highest BCUT2D eigenvalue weighted by Crippen LogP contribution is 2.75. The molecule has 1 saturated heterocycles. The standard InChI is InChI=1S/C20H30O3/c1-11-6-7-20-12(2)14(21)8-13(18(20,3)4)9-15(20)19(5)10-23-17(22)16(11)19/h12-15,21H,6-10H2,1-5H3/t12-,13+,14+,15+,19+,20-/m1/s1. The molecular formula is C20H30O3. The van der Waals surface area contributed by atoms with E-state index in [0.717, 1.165) is 31.3 Å². The third-order valence-electron chi connectivity index (χ3n) is 8.67. The van der Waals surface area contributed by atoms with E-state index >= 15 is 0 Å². The number of cyclic esters (lactones) is 1. The third kappa shape index (κ3) is 1.58. The molecule has 1 spiro atoms. The van der Waals surface area contributed by atoms with E-state index in [1.807, 2.05) is 0 Å². The fourth-order valence-corrected chi connectivity index (χ4v) is 7.35. The minimum Gasteiger partial charge on any atom is -0.461 e. The molecule has 2 bridgehead atoms. The zero-order valence-electron chi connectivity index (χ0n) is 15.1. The van der Waals surface area contributed by atoms with Crippen molar-refractivity contribution < 1.29 is 14.6 Å². The Bertz CT molecular complexity index is 604. The van der Waals surface area contributed by atoms with Crippen LogP contribution in [0.15, 0.2) is 11.1 Å². The van der Waals surface area contributed by atoms with Gasteiger partial charge in [0.15, 0.2) is 0 Å². The van der Waals surface area contributed by atoms with Crippen LogP contribution in [0, 0.1) is 34.0 Å². The van der Waals surface area contributed by atoms with E-state index in [9.17, 15) is 9.90 Å². The molecule has 0 aromatic heterocycles. The number of aliphatic hydroxyl groups is 1. The minimum absolute atomic E-state index is 0.0884. The van der Waals surface area contributed by atoms with Crippen molar-refractivity contribution in [3.63, 3.8) is 0 Å². The zero-order valence-corrected chi connectivity index (χ0v) is 15.1. The van der Waals surface area contributed by atoms with Gasteiger partial charge in [-0.25, -0.2) is 4.79 Å². The van der Waals surface area contributed by atoms with Crippen molar-refractivity contribution in [2.75, 3.05) is 6.61 Å². The van der Waals surface area contributed by atoms with Gasteiger partial charge in [-0.15, -0.1) is 0 Å². The van der Waals surface area contributed by atoms with E-state index in [1.54, 1.807) is 0 Å². The number of rotatable bonds is 0. The first kappa shape index (κ1) is 15.7. The number of ether oxygens (including phenoxy) is 1. The summed E-state index contributed by atoms with van der Waals surface area (Å²) in [7, 11) is 0. The van der Waals surface area contributed by atoms with Crippen molar-refractivity contribution in [2.24, 2.45) is 34.0 Å². The van der Waals surface area contributed by atoms with Crippen LogP contribution < -0.4 is 0 Å². The van der Waals surface area contributed by atoms with Crippen LogP contribution in [0.3, 0.4) is 0 Å². The number of hydrogen-bond donors (Lipinski definition) is 1. The molecular weight excluding hydrogens is 288 g/mol. The zero-order chi connectivity index (χ0) is 16.8. The number of carbonyl (C=O) groups excluding carboxylic acids is 1. The van der Waals surface area contributed by atoms with Crippen molar-refractivity contribution >= 4 is 5.97 Å². The average Bonchev–Trinajstić information content (AvgIpc) is 2.80. The third-order valence-corrected chi connectivity index (χ3v) is 8.67. The molecule has 3 aliphatic carbocycles. The average molecular weight is 318 g/mol. The molecule has 0 aromatic rings. The second-order valence-electron chi connectivity index (χ2n) is 9.49. The summed E-state index contributed by atoms with van der Waals surface area (Å²) in [5, 5.41) is 10.7. The van der Waals surface area contributed by atoms with Crippen molar-refractivity contribution in [3.05, 3.63) is 11.1 Å². The van der Waals surface area contributed by atoms with Crippen molar-refractivity contribution in [1.29, 1.82) is 0 Å². The van der Waals surface area contributed by atoms with Gasteiger partial charge in [-0.1, -0.05) is 33.3 Å². The fourth-order valence-electron chi connectivity index (χ4n) is 7.35. The topological polar surface area (TPSA) is 46.5 Å². The second kappa shape index (κ2) is 4.41. The van der Waals surface area contributed by atoms with Crippen molar-refractivity contribution in [3.8, 4) is 0 Å². The molecule has 0 unspecified atom stereocenters. The Morgan fingerprint density at radius 1 is 1.22 bits per heavy atom. The summed E-state index contributed by atoms with van der Waals surface area (Å²) in [6, 6.07) is 0. The van der Waals surface area contributed by atoms with Gasteiger partial charge in [-0.05, 0) is 61.2 Å². The monoisotopic (exact) mass is 318 g/mol. The number of fused-ring (bicyclic) bond motifs is 3. The normalized spacial score (nSPS) is 51.1. The summed E-state index contributed by atoms with van der Waals surface area (Å²) in [6.45, 7) is 12.0. The van der Waals surface area contributed by atoms with Crippen molar-refractivity contribution in [2.45, 2.75) is 66.4 Å². The van der Waals surface area contributed by atoms with Crippen LogP contribution in [-0.2, 0) is 9.53 Å². The summed E-state index contributed by atoms with van der Waals surface area (Å²) in [5.74, 6) is 1.17. The van der Waals surface area contributed by atoms with Gasteiger partial charge in [0.1, 0.15) is 6.61 Å². The highest BCUT2D eigenvalue weighted by atomic mass is 16.5. The molecule has 1 heterocycles. The first-order valence-electron chi connectivity index (χ1n) is 9.21. The Balaban J connectivity index is 1.94. The van der Waals surface area contributed by atoms with Gasteiger partial charge >= 0.3 is 5.97 Å². The van der Waals surface area contributed by atoms with E-state index in [2.05, 4.69) is 34.6 Å². The first-order chi connectivity index (χ1) is 10.7. The molecule has 128 valence electrons. The lowest BCUT2D eigenvalue weighted by Crippen LogP contribution is -2.55. The summed E-state index contributed by atoms with van der Waals surface area (Å²) in [4.78, 5) is 12.4. The number of hydrogen-bond acceptors (Lipinski definition) is 3. The van der Waals surface area contributed by atoms with Gasteiger partial charge in [-0.2, -0.15) is 0 Å². The van der Waals surface area contributed by atoms with Crippen LogP contribution in [0.2, 0.25) is 0 Å². The Morgan fingerprint density at radius 2 is 1.91 bits per heavy atom. The molecule has 1 aliphatic heterocycles. The summed E-state index contributed by atoms with van der Waals surface area (Å²) < 4.78 is 5.55. The molecule has 0 amide bonds. The summed E-state index contributed by atoms with van der Waals surface area (Å²) in [5.41, 5.74) is 2.31. The molecule has 6 atom stereocenters. The predicted octanol–water partition coefficient (Wildman–Crippen LogP) is 3.71. The predicted molar refractivity (Wildman–Crippen MR) is 88.6 cm³/mol. The quantitative estimate of drug-likeness (QED) is 0.693. The van der Waals surface area contributed by atoms with Gasteiger partial charge in [0, 0.05) is 11.0 Å². The molecule has 4 aliphatic rings. The van der Waals surface area contributed by atoms with Gasteiger partial charge in [0.05, 0.1) is 6.10 Å². The molecule has 4 rings (SSSR count). The Kier molecular flexibility index (Phi) is 3.01. The molecule has 0 radical (unpaired) electrons. The fraction of sp³-hybridized carbons (Fsp3) is 0.850. The molecule has 3 nitrogen and oxygen atoms in total. The Morgan fingerprint density at radius 3 is 2.61 bits per heavy atom. The largest absolute Gasteiger partial charge is 0.461 e. The second-order valence-corrected chi connectivity index (χ2v) is 9.49. The molecule has 23 heavy (non-hydrogen) atoms. The Labute approximate surface area is 139 Å². The number of carbonyl (C=O) groups is 1. The van der Waals surface area contributed by atoms with Crippen LogP contribution in [0.1, 0.15) is 60.3 Å². The van der Waals surface area contributed by atoms with Crippen LogP contribution in [-0.4, -0.2) is 23.8 Å². The van der Waals surface area contributed by atoms with Gasteiger partial charge < -0.3 is 9.84 Å². The smallest absolute Gasteiger partial charge is 0.334 e. The lowest BCUT2D eigenvalue weighted by Gasteiger charge is -2.57. The van der Waals surface area contributed by atoms with Gasteiger partial charge in [-0.3, -0.25) is 0 Å². The highest BCUT2D eigenvalue weighted by molar-refractivity contribution is 5.93. The van der Waals surface area contributed by atoms with Crippen molar-refractivity contribution in [1.82, 2.24) is 0 Å². The van der Waals surface area contributed by atoms with Gasteiger partial charge in [0.25, 0.3) is 0 Å². The molecule has 3 fully saturated rings. The minimum atomic E-state index is -0.207. The van der Waals surface area contributed by atoms with Gasteiger partial charge in [0.2, 0.25) is 0 Å². The molecule has 2 saturated carbocycles. The lowest BCUT2D eigenvalue weighted by atomic mass is 9.47. The number of aliphatic hydroxyl groups excluding tert-OH is 1. The maximum absolute atomic E-state index is 12.4. The van der Waals surface area contributed by atoms with Crippen LogP contribution in [0.5, 0.6) is 0 Å². The van der Waals surface area contributed by atoms with Crippen LogP contribution >= 0.6 is 0 Å². The van der Waals surface area contributed by atoms with E-state index in [1.165, 1.54) is 5.57 Å². The highest BCUT2D eigenvalue weighted by Gasteiger charge is 2.71. The maximum Gasteiger partial charge on any atom is 0.334 e. The molecule has 0 aromatic carbocycles. The summed E-state index contributed by atoms with van der Waals surface area (Å²) in [6.07, 6.45) is 3.89. The molecule has 1 N–H and O–H groups in total. The SMILES string of the molecule is CC1=C2C(=O)OC[C@@]2(C)[C@@H]2C[C@@H]3C[C@H](O)[C@@H](C)[C@@]2(CC1)C3(C)C. The summed E-state index contributed by atoms with van der Waals surface area (Å²) >= 11 is 0. The molecule has 3 heteroatoms. The van der Waals surface area contributed by atoms with E-state index in [4.69, 9.17) is 4.74 Å². The maximum atomic E-state index is 12.4. The Hall–Kier alpha value is -0.830. The van der Waals surface area contributed by atoms with E-state index in [0.29, 0.717) is 18.4 Å². The number of allylic oxidation sites excluding steroid dienone is 1. The van der Waals surface area contributed by atoms with Crippen LogP contribution in [0.4, 0.5) is 0 Å².